The molecule has 2 aromatic heterocycles. The van der Waals surface area contributed by atoms with E-state index in [1.807, 2.05) is 6.92 Å². The van der Waals surface area contributed by atoms with E-state index >= 15 is 0 Å². The van der Waals surface area contributed by atoms with E-state index < -0.39 is 5.82 Å². The van der Waals surface area contributed by atoms with Gasteiger partial charge in [-0.15, -0.1) is 0 Å². The molecule has 7 heteroatoms. The van der Waals surface area contributed by atoms with E-state index in [2.05, 4.69) is 4.98 Å². The molecule has 0 radical (unpaired) electrons. The van der Waals surface area contributed by atoms with E-state index in [9.17, 15) is 9.60 Å². The second kappa shape index (κ2) is 5.14. The van der Waals surface area contributed by atoms with Crippen LogP contribution in [0.4, 0.5) is 4.39 Å². The first kappa shape index (κ1) is 14.6. The van der Waals surface area contributed by atoms with Crippen LogP contribution in [0.15, 0.2) is 24.4 Å². The van der Waals surface area contributed by atoms with Gasteiger partial charge in [0.2, 0.25) is 0 Å². The van der Waals surface area contributed by atoms with Crippen LogP contribution in [0.2, 0.25) is 5.02 Å². The Labute approximate surface area is 131 Å². The SMILES string of the molecule is COc1cc(Cl)cc(C)c1-c1nc2c(cc(F)c[n+]2[O-])n1C. The summed E-state index contributed by atoms with van der Waals surface area (Å²) in [6, 6.07) is 4.73. The maximum Gasteiger partial charge on any atom is 0.352 e. The Morgan fingerprint density at radius 1 is 1.36 bits per heavy atom. The lowest BCUT2D eigenvalue weighted by Crippen LogP contribution is -2.27. The summed E-state index contributed by atoms with van der Waals surface area (Å²) in [7, 11) is 3.25. The van der Waals surface area contributed by atoms with Gasteiger partial charge >= 0.3 is 5.65 Å². The first-order valence-electron chi connectivity index (χ1n) is 6.52. The average molecular weight is 322 g/mol. The monoisotopic (exact) mass is 321 g/mol. The van der Waals surface area contributed by atoms with E-state index in [0.29, 0.717) is 32.4 Å². The number of methoxy groups -OCH3 is 1. The minimum absolute atomic E-state index is 0.148. The van der Waals surface area contributed by atoms with Gasteiger partial charge in [-0.2, -0.15) is 0 Å². The van der Waals surface area contributed by atoms with E-state index in [-0.39, 0.29) is 5.65 Å². The van der Waals surface area contributed by atoms with Crippen molar-refractivity contribution in [2.45, 2.75) is 6.92 Å². The molecule has 0 fully saturated rings. The summed E-state index contributed by atoms with van der Waals surface area (Å²) >= 11 is 6.04. The Bertz CT molecular complexity index is 892. The van der Waals surface area contributed by atoms with E-state index in [1.165, 1.54) is 13.2 Å². The summed E-state index contributed by atoms with van der Waals surface area (Å²) in [5.74, 6) is 0.439. The number of aryl methyl sites for hydroxylation is 2. The summed E-state index contributed by atoms with van der Waals surface area (Å²) in [4.78, 5) is 4.35. The predicted octanol–water partition coefficient (Wildman–Crippen LogP) is 2.98. The smallest absolute Gasteiger partial charge is 0.352 e. The van der Waals surface area contributed by atoms with Crippen molar-refractivity contribution >= 4 is 22.8 Å². The number of pyridine rings is 1. The van der Waals surface area contributed by atoms with Gasteiger partial charge in [0, 0.05) is 18.1 Å². The molecule has 5 nitrogen and oxygen atoms in total. The number of benzene rings is 1. The van der Waals surface area contributed by atoms with E-state index in [1.54, 1.807) is 23.7 Å². The van der Waals surface area contributed by atoms with Crippen molar-refractivity contribution in [1.29, 1.82) is 0 Å². The van der Waals surface area contributed by atoms with Gasteiger partial charge in [0.15, 0.2) is 5.82 Å². The lowest BCUT2D eigenvalue weighted by molar-refractivity contribution is -0.580. The van der Waals surface area contributed by atoms with Crippen LogP contribution in [0.1, 0.15) is 5.56 Å². The molecular formula is C15H13ClFN3O2. The molecule has 0 bridgehead atoms. The molecule has 0 aliphatic rings. The average Bonchev–Trinajstić information content (AvgIpc) is 2.76. The molecule has 3 aromatic rings. The molecule has 0 amide bonds. The number of rotatable bonds is 2. The van der Waals surface area contributed by atoms with Gasteiger partial charge in [-0.05, 0) is 29.6 Å². The van der Waals surface area contributed by atoms with Crippen LogP contribution in [0.3, 0.4) is 0 Å². The zero-order valence-corrected chi connectivity index (χ0v) is 13.0. The molecule has 114 valence electrons. The largest absolute Gasteiger partial charge is 0.710 e. The van der Waals surface area contributed by atoms with Crippen molar-refractivity contribution in [3.05, 3.63) is 46.0 Å². The van der Waals surface area contributed by atoms with Gasteiger partial charge in [0.1, 0.15) is 17.5 Å². The van der Waals surface area contributed by atoms with Crippen LogP contribution in [0.25, 0.3) is 22.6 Å². The second-order valence-corrected chi connectivity index (χ2v) is 5.42. The first-order chi connectivity index (χ1) is 10.4. The zero-order chi connectivity index (χ0) is 16.0. The molecule has 0 saturated heterocycles. The molecule has 0 aliphatic heterocycles. The number of aromatic nitrogens is 3. The van der Waals surface area contributed by atoms with Gasteiger partial charge < -0.3 is 14.5 Å². The summed E-state index contributed by atoms with van der Waals surface area (Å²) in [6.07, 6.45) is 0.852. The number of ether oxygens (including phenoxy) is 1. The third kappa shape index (κ3) is 2.16. The minimum atomic E-state index is -0.614. The van der Waals surface area contributed by atoms with Gasteiger partial charge in [-0.3, -0.25) is 0 Å². The highest BCUT2D eigenvalue weighted by atomic mass is 35.5. The lowest BCUT2D eigenvalue weighted by atomic mass is 10.1. The molecular weight excluding hydrogens is 309 g/mol. The van der Waals surface area contributed by atoms with Gasteiger partial charge in [0.25, 0.3) is 5.82 Å². The molecule has 3 rings (SSSR count). The zero-order valence-electron chi connectivity index (χ0n) is 12.2. The summed E-state index contributed by atoms with van der Waals surface area (Å²) in [6.45, 7) is 1.87. The van der Waals surface area contributed by atoms with Crippen LogP contribution in [-0.4, -0.2) is 16.7 Å². The maximum atomic E-state index is 13.5. The van der Waals surface area contributed by atoms with Crippen LogP contribution in [0, 0.1) is 17.9 Å². The van der Waals surface area contributed by atoms with Gasteiger partial charge in [-0.25, -0.2) is 9.12 Å². The second-order valence-electron chi connectivity index (χ2n) is 4.99. The fourth-order valence-corrected chi connectivity index (χ4v) is 2.81. The third-order valence-electron chi connectivity index (χ3n) is 3.55. The standard InChI is InChI=1S/C15H13ClFN3O2/c1-8-4-9(16)5-12(22-3)13(8)15-18-14-11(19(15)2)6-10(17)7-20(14)21/h4-7H,1-3H3. The number of hydrogen-bond acceptors (Lipinski definition) is 3. The molecule has 1 aromatic carbocycles. The number of hydrogen-bond donors (Lipinski definition) is 0. The van der Waals surface area contributed by atoms with Crippen LogP contribution < -0.4 is 9.47 Å². The number of halogens is 2. The Morgan fingerprint density at radius 2 is 2.09 bits per heavy atom. The minimum Gasteiger partial charge on any atom is -0.710 e. The highest BCUT2D eigenvalue weighted by Crippen LogP contribution is 2.36. The molecule has 22 heavy (non-hydrogen) atoms. The summed E-state index contributed by atoms with van der Waals surface area (Å²) < 4.78 is 20.9. The summed E-state index contributed by atoms with van der Waals surface area (Å²) in [5, 5.41) is 12.4. The molecule has 0 unspecified atom stereocenters. The molecule has 2 heterocycles. The number of imidazole rings is 1. The number of nitrogens with zero attached hydrogens (tertiary/aromatic N) is 3. The van der Waals surface area contributed by atoms with Crippen LogP contribution >= 0.6 is 11.6 Å². The lowest BCUT2D eigenvalue weighted by Gasteiger charge is -2.09. The Balaban J connectivity index is 2.37. The molecule has 0 atom stereocenters. The van der Waals surface area contributed by atoms with Gasteiger partial charge in [-0.1, -0.05) is 11.6 Å². The quantitative estimate of drug-likeness (QED) is 0.538. The van der Waals surface area contributed by atoms with Crippen molar-refractivity contribution in [3.8, 4) is 17.1 Å². The maximum absolute atomic E-state index is 13.5. The normalized spacial score (nSPS) is 11.1. The Morgan fingerprint density at radius 3 is 2.77 bits per heavy atom. The first-order valence-corrected chi connectivity index (χ1v) is 6.90. The molecule has 0 aliphatic carbocycles. The topological polar surface area (TPSA) is 54.0 Å². The summed E-state index contributed by atoms with van der Waals surface area (Å²) in [5.41, 5.74) is 2.11. The fourth-order valence-electron chi connectivity index (χ4n) is 2.54. The highest BCUT2D eigenvalue weighted by Gasteiger charge is 2.24. The van der Waals surface area contributed by atoms with Crippen molar-refractivity contribution in [3.63, 3.8) is 0 Å². The third-order valence-corrected chi connectivity index (χ3v) is 3.77. The van der Waals surface area contributed by atoms with Crippen molar-refractivity contribution in [1.82, 2.24) is 9.55 Å². The molecule has 0 spiro atoms. The number of fused-ring (bicyclic) bond motifs is 1. The molecule has 0 N–H and O–H groups in total. The van der Waals surface area contributed by atoms with Gasteiger partial charge in [0.05, 0.1) is 12.7 Å². The molecule has 0 saturated carbocycles. The van der Waals surface area contributed by atoms with E-state index in [0.717, 1.165) is 11.8 Å². The predicted molar refractivity (Wildman–Crippen MR) is 81.4 cm³/mol. The van der Waals surface area contributed by atoms with E-state index in [4.69, 9.17) is 16.3 Å². The fraction of sp³-hybridized carbons (Fsp3) is 0.200. The van der Waals surface area contributed by atoms with Crippen molar-refractivity contribution < 1.29 is 13.9 Å². The van der Waals surface area contributed by atoms with Crippen LogP contribution in [-0.2, 0) is 7.05 Å². The van der Waals surface area contributed by atoms with Crippen molar-refractivity contribution in [2.75, 3.05) is 7.11 Å². The highest BCUT2D eigenvalue weighted by molar-refractivity contribution is 6.31. The van der Waals surface area contributed by atoms with Crippen LogP contribution in [0.5, 0.6) is 5.75 Å². The van der Waals surface area contributed by atoms with Crippen molar-refractivity contribution in [2.24, 2.45) is 7.05 Å². The Kier molecular flexibility index (Phi) is 3.41. The Hall–Kier alpha value is -2.34.